The van der Waals surface area contributed by atoms with E-state index in [9.17, 15) is 0 Å². The first-order chi connectivity index (χ1) is 10.9. The van der Waals surface area contributed by atoms with Crippen LogP contribution >= 0.6 is 0 Å². The number of benzene rings is 3. The highest BCUT2D eigenvalue weighted by Gasteiger charge is 1.92. The molecule has 0 aliphatic carbocycles. The molecule has 0 N–H and O–H groups in total. The van der Waals surface area contributed by atoms with Crippen molar-refractivity contribution in [3.8, 4) is 0 Å². The molecular weight excluding hydrogens is 270 g/mol. The van der Waals surface area contributed by atoms with Gasteiger partial charge in [-0.05, 0) is 42.0 Å². The summed E-state index contributed by atoms with van der Waals surface area (Å²) in [6.45, 7) is 0. The van der Waals surface area contributed by atoms with Gasteiger partial charge in [0.15, 0.2) is 0 Å². The minimum atomic E-state index is 0.808. The molecule has 0 atom stereocenters. The van der Waals surface area contributed by atoms with E-state index in [2.05, 4.69) is 15.2 Å². The smallest absolute Gasteiger partial charge is 0.0858 e. The van der Waals surface area contributed by atoms with E-state index in [4.69, 9.17) is 0 Å². The van der Waals surface area contributed by atoms with E-state index >= 15 is 0 Å². The largest absolute Gasteiger partial charge is 0.256 e. The molecule has 3 aromatic rings. The summed E-state index contributed by atoms with van der Waals surface area (Å²) in [6.07, 6.45) is 1.85. The van der Waals surface area contributed by atoms with Crippen molar-refractivity contribution < 1.29 is 0 Å². The first-order valence-corrected chi connectivity index (χ1v) is 7.06. The van der Waals surface area contributed by atoms with Crippen molar-refractivity contribution in [2.75, 3.05) is 0 Å². The fraction of sp³-hybridized carbons (Fsp3) is 0. The number of hydrogen-bond donors (Lipinski definition) is 0. The number of aliphatic imine (C=N–C) groups is 1. The van der Waals surface area contributed by atoms with Gasteiger partial charge in [0.2, 0.25) is 0 Å². The third-order valence-corrected chi connectivity index (χ3v) is 3.05. The predicted octanol–water partition coefficient (Wildman–Crippen LogP) is 5.85. The molecule has 3 rings (SSSR count). The van der Waals surface area contributed by atoms with Crippen molar-refractivity contribution in [1.82, 2.24) is 0 Å². The lowest BCUT2D eigenvalue weighted by Gasteiger charge is -1.96. The third-order valence-electron chi connectivity index (χ3n) is 3.05. The molecule has 0 saturated heterocycles. The van der Waals surface area contributed by atoms with Crippen molar-refractivity contribution in [2.24, 2.45) is 15.2 Å². The van der Waals surface area contributed by atoms with Gasteiger partial charge in [0, 0.05) is 6.21 Å². The zero-order valence-corrected chi connectivity index (χ0v) is 12.0. The van der Waals surface area contributed by atoms with E-state index in [0.717, 1.165) is 22.6 Å². The van der Waals surface area contributed by atoms with Crippen LogP contribution in [0.25, 0.3) is 0 Å². The number of azo groups is 1. The highest BCUT2D eigenvalue weighted by Crippen LogP contribution is 2.21. The molecule has 3 heteroatoms. The van der Waals surface area contributed by atoms with Gasteiger partial charge in [0.25, 0.3) is 0 Å². The maximum Gasteiger partial charge on any atom is 0.0858 e. The normalized spacial score (nSPS) is 11.3. The van der Waals surface area contributed by atoms with Gasteiger partial charge in [-0.25, -0.2) is 0 Å². The van der Waals surface area contributed by atoms with E-state index in [-0.39, 0.29) is 0 Å². The molecule has 0 fully saturated rings. The summed E-state index contributed by atoms with van der Waals surface area (Å²) < 4.78 is 0. The summed E-state index contributed by atoms with van der Waals surface area (Å²) in [6, 6.07) is 27.4. The van der Waals surface area contributed by atoms with Gasteiger partial charge in [-0.1, -0.05) is 48.5 Å². The minimum absolute atomic E-state index is 0.808. The van der Waals surface area contributed by atoms with Gasteiger partial charge >= 0.3 is 0 Å². The molecule has 0 radical (unpaired) electrons. The molecule has 0 amide bonds. The molecule has 22 heavy (non-hydrogen) atoms. The average Bonchev–Trinajstić information content (AvgIpc) is 2.61. The molecule has 3 nitrogen and oxygen atoms in total. The van der Waals surface area contributed by atoms with E-state index in [0.29, 0.717) is 0 Å². The molecule has 0 aromatic heterocycles. The second-order valence-electron chi connectivity index (χ2n) is 4.72. The highest BCUT2D eigenvalue weighted by molar-refractivity contribution is 5.81. The van der Waals surface area contributed by atoms with Gasteiger partial charge < -0.3 is 0 Å². The Bertz CT molecular complexity index is 692. The lowest BCUT2D eigenvalue weighted by atomic mass is 10.2. The highest BCUT2D eigenvalue weighted by atomic mass is 15.1. The standard InChI is InChI=1S/C19H15N3/c1-3-7-16(8-4-1)15-20-17-11-13-19(14-12-17)22-21-18-9-5-2-6-10-18/h1-15H. The van der Waals surface area contributed by atoms with Crippen LogP contribution in [0.2, 0.25) is 0 Å². The van der Waals surface area contributed by atoms with Crippen molar-refractivity contribution in [3.05, 3.63) is 90.5 Å². The van der Waals surface area contributed by atoms with Gasteiger partial charge in [-0.2, -0.15) is 10.2 Å². The lowest BCUT2D eigenvalue weighted by molar-refractivity contribution is 1.23. The zero-order chi connectivity index (χ0) is 15.0. The van der Waals surface area contributed by atoms with Crippen molar-refractivity contribution in [3.63, 3.8) is 0 Å². The summed E-state index contributed by atoms with van der Waals surface area (Å²) in [7, 11) is 0. The lowest BCUT2D eigenvalue weighted by Crippen LogP contribution is -1.77. The number of rotatable bonds is 4. The van der Waals surface area contributed by atoms with Crippen LogP contribution in [0.4, 0.5) is 17.1 Å². The van der Waals surface area contributed by atoms with Gasteiger partial charge in [0.1, 0.15) is 0 Å². The molecule has 0 bridgehead atoms. The molecule has 3 aromatic carbocycles. The Morgan fingerprint density at radius 2 is 1.00 bits per heavy atom. The molecule has 106 valence electrons. The van der Waals surface area contributed by atoms with Crippen molar-refractivity contribution >= 4 is 23.3 Å². The Hall–Kier alpha value is -3.07. The fourth-order valence-corrected chi connectivity index (χ4v) is 1.90. The SMILES string of the molecule is C(=Nc1ccc(N=Nc2ccccc2)cc1)c1ccccc1. The monoisotopic (exact) mass is 285 g/mol. The molecule has 0 unspecified atom stereocenters. The summed E-state index contributed by atoms with van der Waals surface area (Å²) in [4.78, 5) is 4.44. The first kappa shape index (κ1) is 13.9. The maximum absolute atomic E-state index is 4.44. The summed E-state index contributed by atoms with van der Waals surface area (Å²) in [5, 5.41) is 8.40. The van der Waals surface area contributed by atoms with Crippen LogP contribution in [0, 0.1) is 0 Å². The van der Waals surface area contributed by atoms with Gasteiger partial charge in [0.05, 0.1) is 17.1 Å². The van der Waals surface area contributed by atoms with Gasteiger partial charge in [-0.3, -0.25) is 4.99 Å². The van der Waals surface area contributed by atoms with Crippen molar-refractivity contribution in [1.29, 1.82) is 0 Å². The Kier molecular flexibility index (Phi) is 4.47. The summed E-state index contributed by atoms with van der Waals surface area (Å²) in [5.74, 6) is 0. The third kappa shape index (κ3) is 3.96. The van der Waals surface area contributed by atoms with E-state index in [1.54, 1.807) is 0 Å². The predicted molar refractivity (Wildman–Crippen MR) is 90.8 cm³/mol. The van der Waals surface area contributed by atoms with Crippen LogP contribution in [0.3, 0.4) is 0 Å². The van der Waals surface area contributed by atoms with Crippen molar-refractivity contribution in [2.45, 2.75) is 0 Å². The van der Waals surface area contributed by atoms with E-state index in [1.165, 1.54) is 0 Å². The van der Waals surface area contributed by atoms with Crippen LogP contribution in [0.1, 0.15) is 5.56 Å². The molecule has 0 aliphatic heterocycles. The van der Waals surface area contributed by atoms with Crippen LogP contribution in [-0.2, 0) is 0 Å². The number of hydrogen-bond acceptors (Lipinski definition) is 3. The maximum atomic E-state index is 4.44. The Balaban J connectivity index is 1.68. The molecule has 0 saturated carbocycles. The minimum Gasteiger partial charge on any atom is -0.256 e. The topological polar surface area (TPSA) is 37.1 Å². The van der Waals surface area contributed by atoms with E-state index < -0.39 is 0 Å². The quantitative estimate of drug-likeness (QED) is 0.426. The molecular formula is C19H15N3. The van der Waals surface area contributed by atoms with E-state index in [1.807, 2.05) is 91.1 Å². The van der Waals surface area contributed by atoms with Crippen LogP contribution in [0.15, 0.2) is 100 Å². The van der Waals surface area contributed by atoms with Crippen LogP contribution in [0.5, 0.6) is 0 Å². The second kappa shape index (κ2) is 7.09. The molecule has 0 heterocycles. The number of nitrogens with zero attached hydrogens (tertiary/aromatic N) is 3. The molecule has 0 spiro atoms. The summed E-state index contributed by atoms with van der Waals surface area (Å²) >= 11 is 0. The Morgan fingerprint density at radius 3 is 1.64 bits per heavy atom. The zero-order valence-electron chi connectivity index (χ0n) is 12.0. The fourth-order valence-electron chi connectivity index (χ4n) is 1.90. The first-order valence-electron chi connectivity index (χ1n) is 7.06. The van der Waals surface area contributed by atoms with Crippen LogP contribution in [-0.4, -0.2) is 6.21 Å². The molecule has 0 aliphatic rings. The van der Waals surface area contributed by atoms with Crippen LogP contribution < -0.4 is 0 Å². The Morgan fingerprint density at radius 1 is 0.500 bits per heavy atom. The average molecular weight is 285 g/mol. The van der Waals surface area contributed by atoms with Gasteiger partial charge in [-0.15, -0.1) is 0 Å². The summed E-state index contributed by atoms with van der Waals surface area (Å²) in [5.41, 5.74) is 3.62. The Labute approximate surface area is 129 Å². The second-order valence-corrected chi connectivity index (χ2v) is 4.72.